The number of thiophene rings is 1. The highest BCUT2D eigenvalue weighted by Gasteiger charge is 2.31. The molecular weight excluding hydrogens is 588 g/mol. The van der Waals surface area contributed by atoms with Crippen molar-refractivity contribution >= 4 is 38.2 Å². The molecule has 15 nitrogen and oxygen atoms in total. The van der Waals surface area contributed by atoms with Crippen LogP contribution in [0.3, 0.4) is 0 Å². The SMILES string of the molecule is Cc1c(O)c(O)c(C#Cc2ccc(S(=O)(=O)NC(Cc3c(O)[nH]c4c(O)c(O)c(O)c(O)c34)C(=O)O)s2)c(O)c1O. The lowest BCUT2D eigenvalue weighted by molar-refractivity contribution is -0.138. The number of H-pyrrole nitrogens is 1. The highest BCUT2D eigenvalue weighted by atomic mass is 32.2. The number of benzene rings is 2. The van der Waals surface area contributed by atoms with Crippen molar-refractivity contribution in [3.8, 4) is 63.7 Å². The normalized spacial score (nSPS) is 12.2. The van der Waals surface area contributed by atoms with E-state index in [1.807, 2.05) is 4.72 Å². The summed E-state index contributed by atoms with van der Waals surface area (Å²) >= 11 is 0.563. The molecule has 12 N–H and O–H groups in total. The lowest BCUT2D eigenvalue weighted by Gasteiger charge is -2.14. The van der Waals surface area contributed by atoms with E-state index in [1.54, 1.807) is 0 Å². The number of hydrogen-bond acceptors (Lipinski definition) is 13. The first-order valence-electron chi connectivity index (χ1n) is 11.1. The van der Waals surface area contributed by atoms with Crippen LogP contribution in [0.25, 0.3) is 10.9 Å². The van der Waals surface area contributed by atoms with Crippen LogP contribution < -0.4 is 4.72 Å². The molecule has 2 aromatic carbocycles. The Balaban J connectivity index is 1.65. The summed E-state index contributed by atoms with van der Waals surface area (Å²) in [6, 6.07) is 0.352. The maximum absolute atomic E-state index is 13.0. The lowest BCUT2D eigenvalue weighted by atomic mass is 10.0. The Bertz CT molecular complexity index is 1880. The average Bonchev–Trinajstić information content (AvgIpc) is 3.53. The highest BCUT2D eigenvalue weighted by molar-refractivity contribution is 7.91. The molecule has 0 aliphatic rings. The number of aromatic hydroxyl groups is 9. The minimum Gasteiger partial charge on any atom is -0.504 e. The van der Waals surface area contributed by atoms with Crippen LogP contribution >= 0.6 is 11.3 Å². The number of fused-ring (bicyclic) bond motifs is 1. The van der Waals surface area contributed by atoms with Gasteiger partial charge in [-0.1, -0.05) is 11.8 Å². The maximum Gasteiger partial charge on any atom is 0.322 e. The number of sulfonamides is 1. The number of aromatic amines is 1. The summed E-state index contributed by atoms with van der Waals surface area (Å²) in [5.74, 6) is -5.03. The molecule has 4 rings (SSSR count). The molecule has 1 atom stereocenters. The van der Waals surface area contributed by atoms with Crippen LogP contribution in [0.2, 0.25) is 0 Å². The van der Waals surface area contributed by atoms with Gasteiger partial charge in [-0.05, 0) is 19.1 Å². The van der Waals surface area contributed by atoms with Crippen molar-refractivity contribution in [2.45, 2.75) is 23.6 Å². The topological polar surface area (TPSA) is 281 Å². The summed E-state index contributed by atoms with van der Waals surface area (Å²) in [5, 5.41) is 99.1. The van der Waals surface area contributed by atoms with E-state index in [0.29, 0.717) is 11.3 Å². The Kier molecular flexibility index (Phi) is 7.09. The van der Waals surface area contributed by atoms with E-state index in [2.05, 4.69) is 16.8 Å². The maximum atomic E-state index is 13.0. The molecule has 41 heavy (non-hydrogen) atoms. The number of aliphatic carboxylic acids is 1. The van der Waals surface area contributed by atoms with Gasteiger partial charge in [-0.25, -0.2) is 8.42 Å². The molecule has 0 spiro atoms. The first-order chi connectivity index (χ1) is 19.1. The van der Waals surface area contributed by atoms with Gasteiger partial charge in [0.25, 0.3) is 10.0 Å². The number of carboxylic acids is 1. The minimum atomic E-state index is -4.56. The summed E-state index contributed by atoms with van der Waals surface area (Å²) in [5.41, 5.74) is -1.58. The zero-order valence-corrected chi connectivity index (χ0v) is 22.1. The molecule has 0 bridgehead atoms. The number of carbonyl (C=O) groups is 1. The summed E-state index contributed by atoms with van der Waals surface area (Å²) in [7, 11) is -4.56. The van der Waals surface area contributed by atoms with Gasteiger partial charge in [-0.2, -0.15) is 4.72 Å². The van der Waals surface area contributed by atoms with Crippen LogP contribution in [-0.4, -0.2) is 76.5 Å². The Hall–Kier alpha value is -5.18. The second-order valence-electron chi connectivity index (χ2n) is 8.58. The van der Waals surface area contributed by atoms with Gasteiger partial charge in [0.05, 0.1) is 15.8 Å². The first-order valence-corrected chi connectivity index (χ1v) is 13.4. The van der Waals surface area contributed by atoms with Gasteiger partial charge in [0.15, 0.2) is 40.4 Å². The lowest BCUT2D eigenvalue weighted by Crippen LogP contribution is -2.42. The van der Waals surface area contributed by atoms with Gasteiger partial charge < -0.3 is 56.0 Å². The smallest absolute Gasteiger partial charge is 0.322 e. The monoisotopic (exact) mass is 608 g/mol. The average molecular weight is 609 g/mol. The Morgan fingerprint density at radius 1 is 0.878 bits per heavy atom. The zero-order chi connectivity index (χ0) is 30.5. The second kappa shape index (κ2) is 10.1. The first kappa shape index (κ1) is 28.8. The summed E-state index contributed by atoms with van der Waals surface area (Å²) in [6.07, 6.45) is -0.797. The Labute approximate surface area is 233 Å². The molecule has 17 heteroatoms. The molecule has 0 aliphatic carbocycles. The van der Waals surface area contributed by atoms with Crippen molar-refractivity contribution < 1.29 is 64.3 Å². The van der Waals surface area contributed by atoms with Crippen LogP contribution in [0, 0.1) is 18.8 Å². The van der Waals surface area contributed by atoms with Gasteiger partial charge in [-0.15, -0.1) is 11.3 Å². The third kappa shape index (κ3) is 4.86. The number of carboxylic acid groups (broad SMARTS) is 1. The van der Waals surface area contributed by atoms with E-state index in [-0.39, 0.29) is 10.4 Å². The fraction of sp³-hybridized carbons (Fsp3) is 0.125. The predicted molar refractivity (Wildman–Crippen MR) is 140 cm³/mol. The van der Waals surface area contributed by atoms with Crippen LogP contribution in [0.1, 0.15) is 21.6 Å². The fourth-order valence-electron chi connectivity index (χ4n) is 3.84. The van der Waals surface area contributed by atoms with Crippen molar-refractivity contribution in [2.24, 2.45) is 0 Å². The van der Waals surface area contributed by atoms with Crippen LogP contribution in [-0.2, 0) is 21.2 Å². The zero-order valence-electron chi connectivity index (χ0n) is 20.5. The van der Waals surface area contributed by atoms with Crippen molar-refractivity contribution in [3.05, 3.63) is 33.7 Å². The fourth-order valence-corrected chi connectivity index (χ4v) is 6.21. The molecule has 1 unspecified atom stereocenters. The van der Waals surface area contributed by atoms with E-state index in [0.717, 1.165) is 6.07 Å². The number of phenolic OH excluding ortho intramolecular Hbond substituents is 8. The molecule has 0 aliphatic heterocycles. The van der Waals surface area contributed by atoms with E-state index < -0.39 is 107 Å². The van der Waals surface area contributed by atoms with E-state index in [1.165, 1.54) is 13.0 Å². The van der Waals surface area contributed by atoms with Gasteiger partial charge in [0.2, 0.25) is 11.5 Å². The van der Waals surface area contributed by atoms with Crippen LogP contribution in [0.15, 0.2) is 16.3 Å². The molecule has 0 fully saturated rings. The summed E-state index contributed by atoms with van der Waals surface area (Å²) < 4.78 is 27.5. The molecule has 0 saturated carbocycles. The Morgan fingerprint density at radius 3 is 2.05 bits per heavy atom. The van der Waals surface area contributed by atoms with Crippen molar-refractivity contribution in [3.63, 3.8) is 0 Å². The molecule has 0 radical (unpaired) electrons. The van der Waals surface area contributed by atoms with Crippen molar-refractivity contribution in [2.75, 3.05) is 0 Å². The third-order valence-electron chi connectivity index (χ3n) is 6.02. The molecule has 0 amide bonds. The number of aromatic nitrogens is 1. The van der Waals surface area contributed by atoms with Gasteiger partial charge in [0.1, 0.15) is 15.8 Å². The quantitative estimate of drug-likeness (QED) is 0.0835. The summed E-state index contributed by atoms with van der Waals surface area (Å²) in [6.45, 7) is 1.23. The van der Waals surface area contributed by atoms with Crippen molar-refractivity contribution in [1.29, 1.82) is 0 Å². The molecule has 4 aromatic rings. The standard InChI is InChI=1S/C24H20N2O13S2/c1-7-15(27)17(29)9(18(30)16(7)28)4-2-8-3-5-12(40-8)41(38,39)26-11(24(36)37)6-10-13-14(25-23(10)35)20(32)22(34)21(33)19(13)31/h3,5,11,25-35H,6H2,1H3,(H,36,37). The second-order valence-corrected chi connectivity index (χ2v) is 11.6. The van der Waals surface area contributed by atoms with Crippen LogP contribution in [0.5, 0.6) is 51.9 Å². The number of phenols is 8. The molecule has 2 heterocycles. The van der Waals surface area contributed by atoms with E-state index in [4.69, 9.17) is 0 Å². The number of nitrogens with one attached hydrogen (secondary N) is 2. The van der Waals surface area contributed by atoms with Gasteiger partial charge in [-0.3, -0.25) is 4.79 Å². The molecule has 0 saturated heterocycles. The predicted octanol–water partition coefficient (Wildman–Crippen LogP) is 1.26. The third-order valence-corrected chi connectivity index (χ3v) is 8.99. The number of hydrogen-bond donors (Lipinski definition) is 12. The Morgan fingerprint density at radius 2 is 1.46 bits per heavy atom. The number of rotatable bonds is 6. The highest BCUT2D eigenvalue weighted by Crippen LogP contribution is 2.51. The molecular formula is C24H20N2O13S2. The van der Waals surface area contributed by atoms with Crippen LogP contribution in [0.4, 0.5) is 0 Å². The molecule has 216 valence electrons. The van der Waals surface area contributed by atoms with E-state index in [9.17, 15) is 64.3 Å². The van der Waals surface area contributed by atoms with Crippen molar-refractivity contribution in [1.82, 2.24) is 9.71 Å². The molecule has 2 aromatic heterocycles. The largest absolute Gasteiger partial charge is 0.504 e. The minimum absolute atomic E-state index is 0.0561. The van der Waals surface area contributed by atoms with Gasteiger partial charge >= 0.3 is 5.97 Å². The van der Waals surface area contributed by atoms with E-state index >= 15 is 0 Å². The van der Waals surface area contributed by atoms with Gasteiger partial charge in [0, 0.05) is 17.5 Å². The summed E-state index contributed by atoms with van der Waals surface area (Å²) in [4.78, 5) is 14.2.